The summed E-state index contributed by atoms with van der Waals surface area (Å²) in [4.78, 5) is 13.4. The van der Waals surface area contributed by atoms with Gasteiger partial charge in [-0.2, -0.15) is 0 Å². The van der Waals surface area contributed by atoms with Gasteiger partial charge in [0.05, 0.1) is 18.5 Å². The Morgan fingerprint density at radius 2 is 1.83 bits per heavy atom. The van der Waals surface area contributed by atoms with Gasteiger partial charge in [-0.3, -0.25) is 4.79 Å². The number of nitrogens with one attached hydrogen (secondary N) is 1. The minimum atomic E-state index is -0.187. The fourth-order valence-corrected chi connectivity index (χ4v) is 3.13. The summed E-state index contributed by atoms with van der Waals surface area (Å²) in [6.07, 6.45) is 0.862. The number of amides is 1. The van der Waals surface area contributed by atoms with Crippen molar-refractivity contribution in [3.05, 3.63) is 48.5 Å². The lowest BCUT2D eigenvalue weighted by Gasteiger charge is -2.13. The van der Waals surface area contributed by atoms with E-state index in [0.29, 0.717) is 19.0 Å². The fraction of sp³-hybridized carbons (Fsp3) is 0.278. The Hall–Kier alpha value is -2.14. The van der Waals surface area contributed by atoms with Crippen molar-refractivity contribution in [2.45, 2.75) is 23.5 Å². The molecule has 2 aromatic rings. The summed E-state index contributed by atoms with van der Waals surface area (Å²) in [6.45, 7) is 3.18. The molecule has 5 heteroatoms. The van der Waals surface area contributed by atoms with Gasteiger partial charge in [-0.25, -0.2) is 0 Å². The van der Waals surface area contributed by atoms with Gasteiger partial charge >= 0.3 is 0 Å². The molecule has 0 radical (unpaired) electrons. The smallest absolute Gasteiger partial charge is 0.237 e. The van der Waals surface area contributed by atoms with Crippen LogP contribution in [0.25, 0.3) is 0 Å². The molecule has 0 aliphatic carbocycles. The molecule has 2 aromatic carbocycles. The fourth-order valence-electron chi connectivity index (χ4n) is 2.24. The van der Waals surface area contributed by atoms with Crippen LogP contribution in [0, 0.1) is 0 Å². The number of rotatable bonds is 4. The molecule has 1 aliphatic rings. The molecule has 1 aliphatic heterocycles. The van der Waals surface area contributed by atoms with Crippen LogP contribution in [0.1, 0.15) is 13.3 Å². The van der Waals surface area contributed by atoms with Crippen LogP contribution < -0.4 is 14.8 Å². The van der Waals surface area contributed by atoms with Crippen LogP contribution in [0.3, 0.4) is 0 Å². The van der Waals surface area contributed by atoms with Crippen molar-refractivity contribution >= 4 is 23.4 Å². The molecule has 120 valence electrons. The lowest BCUT2D eigenvalue weighted by atomic mass is 10.2. The summed E-state index contributed by atoms with van der Waals surface area (Å²) < 4.78 is 11.2. The van der Waals surface area contributed by atoms with E-state index in [1.807, 2.05) is 55.5 Å². The zero-order valence-corrected chi connectivity index (χ0v) is 13.8. The molecular weight excluding hydrogens is 310 g/mol. The quantitative estimate of drug-likeness (QED) is 0.862. The van der Waals surface area contributed by atoms with Crippen LogP contribution in [0.2, 0.25) is 0 Å². The molecule has 1 heterocycles. The van der Waals surface area contributed by atoms with E-state index in [9.17, 15) is 4.79 Å². The highest BCUT2D eigenvalue weighted by atomic mass is 32.2. The van der Waals surface area contributed by atoms with E-state index in [2.05, 4.69) is 5.32 Å². The van der Waals surface area contributed by atoms with Gasteiger partial charge in [-0.1, -0.05) is 18.2 Å². The number of anilines is 1. The van der Waals surface area contributed by atoms with Gasteiger partial charge in [0.1, 0.15) is 0 Å². The molecule has 0 aromatic heterocycles. The molecule has 0 saturated carbocycles. The Morgan fingerprint density at radius 3 is 2.61 bits per heavy atom. The lowest BCUT2D eigenvalue weighted by Crippen LogP contribution is -2.22. The third-order valence-corrected chi connectivity index (χ3v) is 4.55. The minimum absolute atomic E-state index is 0.0339. The second-order valence-corrected chi connectivity index (χ2v) is 6.69. The molecule has 0 spiro atoms. The van der Waals surface area contributed by atoms with Gasteiger partial charge in [0.25, 0.3) is 0 Å². The van der Waals surface area contributed by atoms with Crippen molar-refractivity contribution in [3.63, 3.8) is 0 Å². The van der Waals surface area contributed by atoms with Gasteiger partial charge in [0.2, 0.25) is 5.91 Å². The van der Waals surface area contributed by atoms with Crippen molar-refractivity contribution in [1.29, 1.82) is 0 Å². The summed E-state index contributed by atoms with van der Waals surface area (Å²) in [7, 11) is 0. The summed E-state index contributed by atoms with van der Waals surface area (Å²) >= 11 is 1.54. The van der Waals surface area contributed by atoms with E-state index in [0.717, 1.165) is 22.8 Å². The summed E-state index contributed by atoms with van der Waals surface area (Å²) in [5.74, 6) is 1.38. The van der Waals surface area contributed by atoms with Crippen LogP contribution in [0.5, 0.6) is 11.5 Å². The molecule has 1 N–H and O–H groups in total. The third kappa shape index (κ3) is 4.20. The highest BCUT2D eigenvalue weighted by Gasteiger charge is 2.16. The average Bonchev–Trinajstić information content (AvgIpc) is 2.80. The number of carbonyl (C=O) groups is 1. The molecule has 1 amide bonds. The molecular formula is C18H19NO3S. The normalized spacial score (nSPS) is 14.7. The van der Waals surface area contributed by atoms with Gasteiger partial charge in [-0.15, -0.1) is 11.8 Å². The first-order valence-corrected chi connectivity index (χ1v) is 8.52. The SMILES string of the molecule is CC(Sc1ccccc1)C(=O)Nc1ccc2c(c1)OCCCO2. The maximum absolute atomic E-state index is 12.3. The molecule has 4 nitrogen and oxygen atoms in total. The Kier molecular flexibility index (Phi) is 5.08. The van der Waals surface area contributed by atoms with Gasteiger partial charge < -0.3 is 14.8 Å². The molecule has 1 unspecified atom stereocenters. The Bertz CT molecular complexity index is 675. The first-order chi connectivity index (χ1) is 11.2. The Morgan fingerprint density at radius 1 is 1.09 bits per heavy atom. The van der Waals surface area contributed by atoms with E-state index in [1.54, 1.807) is 0 Å². The summed E-state index contributed by atoms with van der Waals surface area (Å²) in [5, 5.41) is 2.75. The number of fused-ring (bicyclic) bond motifs is 1. The van der Waals surface area contributed by atoms with Crippen molar-refractivity contribution in [3.8, 4) is 11.5 Å². The standard InChI is InChI=1S/C18H19NO3S/c1-13(23-15-6-3-2-4-7-15)18(20)19-14-8-9-16-17(12-14)22-11-5-10-21-16/h2-4,6-9,12-13H,5,10-11H2,1H3,(H,19,20). The predicted octanol–water partition coefficient (Wildman–Crippen LogP) is 3.97. The van der Waals surface area contributed by atoms with Crippen LogP contribution in [0.4, 0.5) is 5.69 Å². The first-order valence-electron chi connectivity index (χ1n) is 7.64. The highest BCUT2D eigenvalue weighted by molar-refractivity contribution is 8.00. The minimum Gasteiger partial charge on any atom is -0.490 e. The number of carbonyl (C=O) groups excluding carboxylic acids is 1. The van der Waals surface area contributed by atoms with E-state index in [-0.39, 0.29) is 11.2 Å². The summed E-state index contributed by atoms with van der Waals surface area (Å²) in [6, 6.07) is 15.4. The number of benzene rings is 2. The monoisotopic (exact) mass is 329 g/mol. The lowest BCUT2D eigenvalue weighted by molar-refractivity contribution is -0.115. The predicted molar refractivity (Wildman–Crippen MR) is 92.4 cm³/mol. The van der Waals surface area contributed by atoms with Gasteiger partial charge in [-0.05, 0) is 31.2 Å². The van der Waals surface area contributed by atoms with Crippen LogP contribution >= 0.6 is 11.8 Å². The topological polar surface area (TPSA) is 47.6 Å². The number of hydrogen-bond donors (Lipinski definition) is 1. The maximum Gasteiger partial charge on any atom is 0.237 e. The second-order valence-electron chi connectivity index (χ2n) is 5.27. The summed E-state index contributed by atoms with van der Waals surface area (Å²) in [5.41, 5.74) is 0.722. The van der Waals surface area contributed by atoms with E-state index in [4.69, 9.17) is 9.47 Å². The van der Waals surface area contributed by atoms with E-state index in [1.165, 1.54) is 11.8 Å². The van der Waals surface area contributed by atoms with Crippen LogP contribution in [-0.2, 0) is 4.79 Å². The second kappa shape index (κ2) is 7.42. The van der Waals surface area contributed by atoms with Crippen molar-refractivity contribution in [2.75, 3.05) is 18.5 Å². The molecule has 1 atom stereocenters. The van der Waals surface area contributed by atoms with Gasteiger partial charge in [0.15, 0.2) is 11.5 Å². The van der Waals surface area contributed by atoms with Crippen LogP contribution in [-0.4, -0.2) is 24.4 Å². The Balaban J connectivity index is 1.64. The zero-order valence-electron chi connectivity index (χ0n) is 13.0. The largest absolute Gasteiger partial charge is 0.490 e. The number of ether oxygens (including phenoxy) is 2. The molecule has 3 rings (SSSR count). The van der Waals surface area contributed by atoms with Crippen LogP contribution in [0.15, 0.2) is 53.4 Å². The van der Waals surface area contributed by atoms with Crippen molar-refractivity contribution in [2.24, 2.45) is 0 Å². The van der Waals surface area contributed by atoms with Crippen molar-refractivity contribution in [1.82, 2.24) is 0 Å². The maximum atomic E-state index is 12.3. The highest BCUT2D eigenvalue weighted by Crippen LogP contribution is 2.32. The molecule has 0 bridgehead atoms. The van der Waals surface area contributed by atoms with Crippen molar-refractivity contribution < 1.29 is 14.3 Å². The molecule has 0 fully saturated rings. The number of thioether (sulfide) groups is 1. The molecule has 23 heavy (non-hydrogen) atoms. The zero-order chi connectivity index (χ0) is 16.1. The first kappa shape index (κ1) is 15.7. The van der Waals surface area contributed by atoms with E-state index < -0.39 is 0 Å². The van der Waals surface area contributed by atoms with E-state index >= 15 is 0 Å². The molecule has 0 saturated heterocycles. The average molecular weight is 329 g/mol. The Labute approximate surface area is 140 Å². The number of hydrogen-bond acceptors (Lipinski definition) is 4. The van der Waals surface area contributed by atoms with Gasteiger partial charge in [0, 0.05) is 23.1 Å². The third-order valence-electron chi connectivity index (χ3n) is 3.44.